The third-order valence-electron chi connectivity index (χ3n) is 3.77. The summed E-state index contributed by atoms with van der Waals surface area (Å²) in [5.41, 5.74) is 1.10. The van der Waals surface area contributed by atoms with Gasteiger partial charge in [-0.2, -0.15) is 0 Å². The molecule has 2 N–H and O–H groups in total. The van der Waals surface area contributed by atoms with Gasteiger partial charge in [0.1, 0.15) is 0 Å². The zero-order chi connectivity index (χ0) is 20.0. The van der Waals surface area contributed by atoms with Crippen molar-refractivity contribution >= 4 is 17.5 Å². The van der Waals surface area contributed by atoms with Crippen LogP contribution in [0.5, 0.6) is 17.2 Å². The van der Waals surface area contributed by atoms with Crippen LogP contribution in [0.4, 0.5) is 5.69 Å². The largest absolute Gasteiger partial charge is 0.493 e. The van der Waals surface area contributed by atoms with Crippen molar-refractivity contribution in [3.8, 4) is 17.2 Å². The number of para-hydroxylation sites is 1. The van der Waals surface area contributed by atoms with Gasteiger partial charge in [-0.15, -0.1) is 0 Å². The van der Waals surface area contributed by atoms with E-state index in [-0.39, 0.29) is 11.9 Å². The highest BCUT2D eigenvalue weighted by Gasteiger charge is 2.19. The lowest BCUT2D eigenvalue weighted by molar-refractivity contribution is 0.0944. The summed E-state index contributed by atoms with van der Waals surface area (Å²) in [6, 6.07) is 9.90. The maximum atomic E-state index is 12.8. The van der Waals surface area contributed by atoms with Crippen LogP contribution in [0, 0.1) is 0 Å². The molecule has 7 nitrogen and oxygen atoms in total. The van der Waals surface area contributed by atoms with E-state index in [0.29, 0.717) is 34.1 Å². The Morgan fingerprint density at radius 2 is 1.48 bits per heavy atom. The molecule has 0 saturated heterocycles. The third-order valence-corrected chi connectivity index (χ3v) is 3.77. The summed E-state index contributed by atoms with van der Waals surface area (Å²) in [7, 11) is 4.44. The molecule has 27 heavy (non-hydrogen) atoms. The molecular weight excluding hydrogens is 348 g/mol. The van der Waals surface area contributed by atoms with Crippen LogP contribution in [0.3, 0.4) is 0 Å². The fraction of sp³-hybridized carbons (Fsp3) is 0.300. The lowest BCUT2D eigenvalue weighted by Gasteiger charge is -2.15. The van der Waals surface area contributed by atoms with E-state index in [1.165, 1.54) is 21.3 Å². The Labute approximate surface area is 158 Å². The lowest BCUT2D eigenvalue weighted by Crippen LogP contribution is -2.31. The average molecular weight is 372 g/mol. The number of ether oxygens (including phenoxy) is 3. The molecule has 144 valence electrons. The Balaban J connectivity index is 2.35. The van der Waals surface area contributed by atoms with E-state index in [4.69, 9.17) is 14.2 Å². The van der Waals surface area contributed by atoms with Gasteiger partial charge < -0.3 is 24.8 Å². The SMILES string of the molecule is COc1cc(C(=O)Nc2ccccc2C(=O)NC(C)C)cc(OC)c1OC. The van der Waals surface area contributed by atoms with Gasteiger partial charge in [-0.3, -0.25) is 9.59 Å². The van der Waals surface area contributed by atoms with Crippen LogP contribution in [-0.4, -0.2) is 39.2 Å². The highest BCUT2D eigenvalue weighted by molar-refractivity contribution is 6.09. The lowest BCUT2D eigenvalue weighted by atomic mass is 10.1. The molecule has 0 saturated carbocycles. The van der Waals surface area contributed by atoms with Crippen molar-refractivity contribution in [3.63, 3.8) is 0 Å². The first kappa shape index (κ1) is 20.1. The van der Waals surface area contributed by atoms with Crippen LogP contribution >= 0.6 is 0 Å². The van der Waals surface area contributed by atoms with Gasteiger partial charge in [-0.25, -0.2) is 0 Å². The van der Waals surface area contributed by atoms with Crippen LogP contribution in [0.2, 0.25) is 0 Å². The summed E-state index contributed by atoms with van der Waals surface area (Å²) < 4.78 is 15.8. The van der Waals surface area contributed by atoms with Crippen molar-refractivity contribution in [2.45, 2.75) is 19.9 Å². The van der Waals surface area contributed by atoms with Crippen molar-refractivity contribution in [2.75, 3.05) is 26.6 Å². The smallest absolute Gasteiger partial charge is 0.255 e. The van der Waals surface area contributed by atoms with Crippen LogP contribution in [-0.2, 0) is 0 Å². The zero-order valence-electron chi connectivity index (χ0n) is 16.1. The number of methoxy groups -OCH3 is 3. The second kappa shape index (κ2) is 8.93. The van der Waals surface area contributed by atoms with Gasteiger partial charge in [-0.05, 0) is 38.1 Å². The average Bonchev–Trinajstić information content (AvgIpc) is 2.66. The minimum atomic E-state index is -0.404. The molecule has 0 fully saturated rings. The summed E-state index contributed by atoms with van der Waals surface area (Å²) >= 11 is 0. The van der Waals surface area contributed by atoms with E-state index >= 15 is 0 Å². The number of carbonyl (C=O) groups excluding carboxylic acids is 2. The Morgan fingerprint density at radius 1 is 0.889 bits per heavy atom. The predicted molar refractivity (Wildman–Crippen MR) is 103 cm³/mol. The fourth-order valence-corrected chi connectivity index (χ4v) is 2.54. The summed E-state index contributed by atoms with van der Waals surface area (Å²) in [6.07, 6.45) is 0. The maximum Gasteiger partial charge on any atom is 0.255 e. The number of nitrogens with one attached hydrogen (secondary N) is 2. The van der Waals surface area contributed by atoms with Crippen molar-refractivity contribution in [2.24, 2.45) is 0 Å². The molecule has 0 aliphatic heterocycles. The van der Waals surface area contributed by atoms with Crippen molar-refractivity contribution in [1.29, 1.82) is 0 Å². The molecule has 2 aromatic carbocycles. The van der Waals surface area contributed by atoms with Crippen molar-refractivity contribution in [1.82, 2.24) is 5.32 Å². The molecule has 0 atom stereocenters. The standard InChI is InChI=1S/C20H24N2O5/c1-12(2)21-20(24)14-8-6-7-9-15(14)22-19(23)13-10-16(25-3)18(27-5)17(11-13)26-4/h6-12H,1-5H3,(H,21,24)(H,22,23). The number of hydrogen-bond acceptors (Lipinski definition) is 5. The normalized spacial score (nSPS) is 10.3. The molecule has 0 radical (unpaired) electrons. The highest BCUT2D eigenvalue weighted by atomic mass is 16.5. The van der Waals surface area contributed by atoms with E-state index in [0.717, 1.165) is 0 Å². The van der Waals surface area contributed by atoms with E-state index in [2.05, 4.69) is 10.6 Å². The molecular formula is C20H24N2O5. The quantitative estimate of drug-likeness (QED) is 0.780. The van der Waals surface area contributed by atoms with Crippen LogP contribution < -0.4 is 24.8 Å². The molecule has 0 spiro atoms. The molecule has 0 unspecified atom stereocenters. The number of amides is 2. The number of carbonyl (C=O) groups is 2. The number of hydrogen-bond donors (Lipinski definition) is 2. The van der Waals surface area contributed by atoms with Gasteiger partial charge in [0, 0.05) is 11.6 Å². The van der Waals surface area contributed by atoms with Gasteiger partial charge in [0.2, 0.25) is 5.75 Å². The van der Waals surface area contributed by atoms with Gasteiger partial charge in [0.15, 0.2) is 11.5 Å². The second-order valence-corrected chi connectivity index (χ2v) is 6.04. The second-order valence-electron chi connectivity index (χ2n) is 6.04. The van der Waals surface area contributed by atoms with E-state index < -0.39 is 5.91 Å². The Kier molecular flexibility index (Phi) is 6.65. The molecule has 0 aliphatic rings. The minimum absolute atomic E-state index is 0.0173. The Morgan fingerprint density at radius 3 is 2.00 bits per heavy atom. The predicted octanol–water partition coefficient (Wildman–Crippen LogP) is 3.10. The summed E-state index contributed by atoms with van der Waals surface area (Å²) in [5.74, 6) is 0.471. The topological polar surface area (TPSA) is 85.9 Å². The van der Waals surface area contributed by atoms with Crippen LogP contribution in [0.15, 0.2) is 36.4 Å². The third kappa shape index (κ3) is 4.69. The number of anilines is 1. The highest BCUT2D eigenvalue weighted by Crippen LogP contribution is 2.38. The Hall–Kier alpha value is -3.22. The fourth-order valence-electron chi connectivity index (χ4n) is 2.54. The summed E-state index contributed by atoms with van der Waals surface area (Å²) in [5, 5.41) is 5.59. The monoisotopic (exact) mass is 372 g/mol. The summed E-state index contributed by atoms with van der Waals surface area (Å²) in [4.78, 5) is 25.1. The molecule has 2 aromatic rings. The van der Waals surface area contributed by atoms with Crippen LogP contribution in [0.25, 0.3) is 0 Å². The van der Waals surface area contributed by atoms with E-state index in [1.54, 1.807) is 36.4 Å². The Bertz CT molecular complexity index is 808. The van der Waals surface area contributed by atoms with Gasteiger partial charge >= 0.3 is 0 Å². The number of benzene rings is 2. The number of rotatable bonds is 7. The molecule has 7 heteroatoms. The molecule has 0 bridgehead atoms. The van der Waals surface area contributed by atoms with E-state index in [1.807, 2.05) is 13.8 Å². The maximum absolute atomic E-state index is 12.8. The van der Waals surface area contributed by atoms with Gasteiger partial charge in [0.25, 0.3) is 11.8 Å². The van der Waals surface area contributed by atoms with Gasteiger partial charge in [0.05, 0.1) is 32.6 Å². The first-order valence-corrected chi connectivity index (χ1v) is 8.42. The van der Waals surface area contributed by atoms with Crippen molar-refractivity contribution < 1.29 is 23.8 Å². The minimum Gasteiger partial charge on any atom is -0.493 e. The summed E-state index contributed by atoms with van der Waals surface area (Å²) in [6.45, 7) is 3.74. The van der Waals surface area contributed by atoms with Gasteiger partial charge in [-0.1, -0.05) is 12.1 Å². The van der Waals surface area contributed by atoms with Crippen molar-refractivity contribution in [3.05, 3.63) is 47.5 Å². The zero-order valence-corrected chi connectivity index (χ0v) is 16.1. The van der Waals surface area contributed by atoms with E-state index in [9.17, 15) is 9.59 Å². The van der Waals surface area contributed by atoms with Crippen LogP contribution in [0.1, 0.15) is 34.6 Å². The molecule has 2 rings (SSSR count). The first-order valence-electron chi connectivity index (χ1n) is 8.42. The first-order chi connectivity index (χ1) is 12.9. The molecule has 0 aromatic heterocycles. The molecule has 2 amide bonds. The molecule has 0 heterocycles. The molecule has 0 aliphatic carbocycles.